The second-order valence-electron chi connectivity index (χ2n) is 3.32. The fourth-order valence-corrected chi connectivity index (χ4v) is 1.51. The molecule has 1 aromatic carbocycles. The minimum Gasteiger partial charge on any atom is -0.396 e. The third-order valence-corrected chi connectivity index (χ3v) is 2.21. The molecular weight excluding hydrogens is 160 g/mol. The molecule has 0 radical (unpaired) electrons. The van der Waals surface area contributed by atoms with Gasteiger partial charge in [0.15, 0.2) is 0 Å². The standard InChI is InChI=1S/C12H16O/c1-10(2)12(8-9-13)11-6-4-3-5-7-11/h3-7,12-13H,1,8-9H2,2H3. The van der Waals surface area contributed by atoms with Crippen molar-refractivity contribution >= 4 is 0 Å². The monoisotopic (exact) mass is 176 g/mol. The molecule has 1 aromatic rings. The van der Waals surface area contributed by atoms with Gasteiger partial charge in [-0.25, -0.2) is 0 Å². The van der Waals surface area contributed by atoms with Crippen LogP contribution in [0, 0.1) is 0 Å². The van der Waals surface area contributed by atoms with Crippen molar-refractivity contribution in [3.63, 3.8) is 0 Å². The van der Waals surface area contributed by atoms with Gasteiger partial charge in [0.1, 0.15) is 0 Å². The molecule has 0 saturated heterocycles. The van der Waals surface area contributed by atoms with Crippen LogP contribution in [0.1, 0.15) is 24.8 Å². The smallest absolute Gasteiger partial charge is 0.0439 e. The van der Waals surface area contributed by atoms with Crippen LogP contribution in [0.3, 0.4) is 0 Å². The highest BCUT2D eigenvalue weighted by atomic mass is 16.3. The summed E-state index contributed by atoms with van der Waals surface area (Å²) in [7, 11) is 0. The molecule has 0 aliphatic heterocycles. The third kappa shape index (κ3) is 2.71. The molecule has 1 heteroatoms. The predicted molar refractivity (Wildman–Crippen MR) is 55.7 cm³/mol. The van der Waals surface area contributed by atoms with Crippen LogP contribution >= 0.6 is 0 Å². The Kier molecular flexibility index (Phi) is 3.71. The molecule has 1 unspecified atom stereocenters. The van der Waals surface area contributed by atoms with Crippen LogP contribution in [-0.2, 0) is 0 Å². The molecule has 0 bridgehead atoms. The van der Waals surface area contributed by atoms with Crippen molar-refractivity contribution in [2.24, 2.45) is 0 Å². The Labute approximate surface area is 79.7 Å². The van der Waals surface area contributed by atoms with Crippen molar-refractivity contribution in [2.75, 3.05) is 6.61 Å². The summed E-state index contributed by atoms with van der Waals surface area (Å²) >= 11 is 0. The number of aliphatic hydroxyl groups excluding tert-OH is 1. The van der Waals surface area contributed by atoms with Gasteiger partial charge in [0, 0.05) is 12.5 Å². The minimum absolute atomic E-state index is 0.215. The summed E-state index contributed by atoms with van der Waals surface area (Å²) in [5.74, 6) is 0.297. The molecule has 0 aliphatic carbocycles. The van der Waals surface area contributed by atoms with E-state index in [0.29, 0.717) is 5.92 Å². The second-order valence-corrected chi connectivity index (χ2v) is 3.32. The average Bonchev–Trinajstić information content (AvgIpc) is 2.15. The molecule has 0 aromatic heterocycles. The van der Waals surface area contributed by atoms with Gasteiger partial charge in [-0.15, -0.1) is 0 Å². The van der Waals surface area contributed by atoms with E-state index in [9.17, 15) is 0 Å². The predicted octanol–water partition coefficient (Wildman–Crippen LogP) is 2.73. The first kappa shape index (κ1) is 10.0. The quantitative estimate of drug-likeness (QED) is 0.699. The van der Waals surface area contributed by atoms with Gasteiger partial charge in [-0.1, -0.05) is 42.5 Å². The Morgan fingerprint density at radius 2 is 2.00 bits per heavy atom. The summed E-state index contributed by atoms with van der Waals surface area (Å²) in [5.41, 5.74) is 2.35. The summed E-state index contributed by atoms with van der Waals surface area (Å²) in [4.78, 5) is 0. The zero-order chi connectivity index (χ0) is 9.68. The van der Waals surface area contributed by atoms with Gasteiger partial charge in [-0.2, -0.15) is 0 Å². The molecule has 1 rings (SSSR count). The number of benzene rings is 1. The Hall–Kier alpha value is -1.08. The molecule has 0 amide bonds. The number of hydrogen-bond donors (Lipinski definition) is 1. The van der Waals surface area contributed by atoms with Crippen molar-refractivity contribution < 1.29 is 5.11 Å². The number of allylic oxidation sites excluding steroid dienone is 1. The third-order valence-electron chi connectivity index (χ3n) is 2.21. The Morgan fingerprint density at radius 1 is 1.38 bits per heavy atom. The fourth-order valence-electron chi connectivity index (χ4n) is 1.51. The fraction of sp³-hybridized carbons (Fsp3) is 0.333. The summed E-state index contributed by atoms with van der Waals surface area (Å²) in [6, 6.07) is 10.2. The van der Waals surface area contributed by atoms with E-state index in [4.69, 9.17) is 5.11 Å². The van der Waals surface area contributed by atoms with Gasteiger partial charge >= 0.3 is 0 Å². The van der Waals surface area contributed by atoms with E-state index in [0.717, 1.165) is 12.0 Å². The van der Waals surface area contributed by atoms with E-state index in [1.54, 1.807) is 0 Å². The first-order valence-corrected chi connectivity index (χ1v) is 4.57. The molecular formula is C12H16O. The highest BCUT2D eigenvalue weighted by molar-refractivity contribution is 5.26. The molecule has 1 atom stereocenters. The number of rotatable bonds is 4. The number of hydrogen-bond acceptors (Lipinski definition) is 1. The maximum atomic E-state index is 8.91. The van der Waals surface area contributed by atoms with Gasteiger partial charge in [0.2, 0.25) is 0 Å². The highest BCUT2D eigenvalue weighted by Gasteiger charge is 2.10. The van der Waals surface area contributed by atoms with Crippen LogP contribution in [0.2, 0.25) is 0 Å². The SMILES string of the molecule is C=C(C)C(CCO)c1ccccc1. The molecule has 1 N–H and O–H groups in total. The lowest BCUT2D eigenvalue weighted by Crippen LogP contribution is -2.02. The molecule has 1 nitrogen and oxygen atoms in total. The Bertz CT molecular complexity index is 264. The van der Waals surface area contributed by atoms with Gasteiger partial charge in [0.25, 0.3) is 0 Å². The van der Waals surface area contributed by atoms with Gasteiger partial charge in [0.05, 0.1) is 0 Å². The minimum atomic E-state index is 0.215. The van der Waals surface area contributed by atoms with Crippen LogP contribution in [0.4, 0.5) is 0 Å². The second kappa shape index (κ2) is 4.83. The lowest BCUT2D eigenvalue weighted by atomic mass is 9.90. The maximum Gasteiger partial charge on any atom is 0.0439 e. The average molecular weight is 176 g/mol. The summed E-state index contributed by atoms with van der Waals surface area (Å²) in [5, 5.41) is 8.91. The van der Waals surface area contributed by atoms with Crippen molar-refractivity contribution in [3.8, 4) is 0 Å². The van der Waals surface area contributed by atoms with Crippen LogP contribution in [-0.4, -0.2) is 11.7 Å². The lowest BCUT2D eigenvalue weighted by Gasteiger charge is -2.15. The largest absolute Gasteiger partial charge is 0.396 e. The summed E-state index contributed by atoms with van der Waals surface area (Å²) in [6.45, 7) is 6.16. The van der Waals surface area contributed by atoms with E-state index < -0.39 is 0 Å². The first-order chi connectivity index (χ1) is 6.25. The van der Waals surface area contributed by atoms with Crippen molar-refractivity contribution in [1.82, 2.24) is 0 Å². The van der Waals surface area contributed by atoms with Gasteiger partial charge in [-0.05, 0) is 18.9 Å². The van der Waals surface area contributed by atoms with Gasteiger partial charge < -0.3 is 5.11 Å². The Morgan fingerprint density at radius 3 is 2.46 bits per heavy atom. The zero-order valence-electron chi connectivity index (χ0n) is 8.03. The molecule has 0 fully saturated rings. The van der Waals surface area contributed by atoms with Crippen LogP contribution in [0.25, 0.3) is 0 Å². The van der Waals surface area contributed by atoms with Crippen LogP contribution in [0.15, 0.2) is 42.5 Å². The molecule has 0 heterocycles. The van der Waals surface area contributed by atoms with Crippen molar-refractivity contribution in [3.05, 3.63) is 48.0 Å². The lowest BCUT2D eigenvalue weighted by molar-refractivity contribution is 0.281. The summed E-state index contributed by atoms with van der Waals surface area (Å²) in [6.07, 6.45) is 0.763. The molecule has 0 saturated carbocycles. The maximum absolute atomic E-state index is 8.91. The van der Waals surface area contributed by atoms with Crippen LogP contribution < -0.4 is 0 Å². The van der Waals surface area contributed by atoms with E-state index in [1.807, 2.05) is 25.1 Å². The summed E-state index contributed by atoms with van der Waals surface area (Å²) < 4.78 is 0. The molecule has 70 valence electrons. The van der Waals surface area contributed by atoms with Crippen LogP contribution in [0.5, 0.6) is 0 Å². The van der Waals surface area contributed by atoms with E-state index in [1.165, 1.54) is 5.56 Å². The van der Waals surface area contributed by atoms with E-state index >= 15 is 0 Å². The normalized spacial score (nSPS) is 12.5. The highest BCUT2D eigenvalue weighted by Crippen LogP contribution is 2.25. The van der Waals surface area contributed by atoms with Crippen molar-refractivity contribution in [2.45, 2.75) is 19.3 Å². The van der Waals surface area contributed by atoms with E-state index in [2.05, 4.69) is 18.7 Å². The Balaban J connectivity index is 2.82. The molecule has 0 aliphatic rings. The van der Waals surface area contributed by atoms with Crippen molar-refractivity contribution in [1.29, 1.82) is 0 Å². The molecule has 0 spiro atoms. The number of aliphatic hydroxyl groups is 1. The first-order valence-electron chi connectivity index (χ1n) is 4.57. The van der Waals surface area contributed by atoms with Gasteiger partial charge in [-0.3, -0.25) is 0 Å². The van der Waals surface area contributed by atoms with E-state index in [-0.39, 0.29) is 6.61 Å². The topological polar surface area (TPSA) is 20.2 Å². The molecule has 13 heavy (non-hydrogen) atoms. The zero-order valence-corrected chi connectivity index (χ0v) is 8.03.